The van der Waals surface area contributed by atoms with Crippen LogP contribution in [-0.4, -0.2) is 11.4 Å². The van der Waals surface area contributed by atoms with Crippen molar-refractivity contribution in [2.75, 3.05) is 0 Å². The Morgan fingerprint density at radius 1 is 0.450 bits per heavy atom. The van der Waals surface area contributed by atoms with Crippen LogP contribution in [0.2, 0.25) is 0 Å². The lowest BCUT2D eigenvalue weighted by Crippen LogP contribution is -2.33. The molecule has 1 aliphatic rings. The largest absolute Gasteiger partial charge is 0.292 e. The summed E-state index contributed by atoms with van der Waals surface area (Å²) in [4.78, 5) is 0. The Labute approximate surface area is 236 Å². The number of rotatable bonds is 5. The maximum Gasteiger partial charge on any atom is 0.292 e. The van der Waals surface area contributed by atoms with E-state index in [4.69, 9.17) is 0 Å². The van der Waals surface area contributed by atoms with Crippen molar-refractivity contribution in [2.45, 2.75) is 13.8 Å². The van der Waals surface area contributed by atoms with E-state index in [1.165, 1.54) is 16.7 Å². The van der Waals surface area contributed by atoms with E-state index in [0.717, 1.165) is 39.7 Å². The second-order valence-electron chi connectivity index (χ2n) is 10.1. The Morgan fingerprint density at radius 2 is 0.925 bits per heavy atom. The van der Waals surface area contributed by atoms with E-state index in [1.807, 2.05) is 0 Å². The molecule has 5 aromatic rings. The number of nitrogens with zero attached hydrogens (tertiary/aromatic N) is 2. The van der Waals surface area contributed by atoms with Gasteiger partial charge in [-0.05, 0) is 36.6 Å². The molecular formula is C38H32N2+2. The smallest absolute Gasteiger partial charge is 0.148 e. The minimum atomic E-state index is 1.10. The lowest BCUT2D eigenvalue weighted by atomic mass is 9.92. The van der Waals surface area contributed by atoms with Gasteiger partial charge in [0.15, 0.2) is 0 Å². The molecule has 0 fully saturated rings. The first-order chi connectivity index (χ1) is 19.7. The molecule has 6 rings (SSSR count). The molecule has 2 nitrogen and oxygen atoms in total. The monoisotopic (exact) mass is 516 g/mol. The van der Waals surface area contributed by atoms with Gasteiger partial charge in [0.05, 0.1) is 5.57 Å². The van der Waals surface area contributed by atoms with Crippen LogP contribution in [0.25, 0.3) is 5.57 Å². The first-order valence-corrected chi connectivity index (χ1v) is 13.7. The third kappa shape index (κ3) is 5.12. The number of allylic oxidation sites excluding steroid dienone is 4. The normalized spacial score (nSPS) is 15.4. The second-order valence-corrected chi connectivity index (χ2v) is 10.1. The molecule has 0 unspecified atom stereocenters. The minimum Gasteiger partial charge on any atom is -0.148 e. The molecule has 2 heteroatoms. The van der Waals surface area contributed by atoms with Crippen LogP contribution >= 0.6 is 0 Å². The van der Waals surface area contributed by atoms with Crippen molar-refractivity contribution in [3.05, 3.63) is 174 Å². The molecule has 40 heavy (non-hydrogen) atoms. The van der Waals surface area contributed by atoms with Gasteiger partial charge in [0.2, 0.25) is 22.7 Å². The molecule has 0 aliphatic heterocycles. The highest BCUT2D eigenvalue weighted by Gasteiger charge is 2.37. The molecule has 1 aliphatic carbocycles. The SMILES string of the molecule is Cc1cccc([N+](=C2C=CC=C(c3ccccc3)C2=[N+](c2ccccc2)c2cccc(C)c2)c2ccccc2)c1. The van der Waals surface area contributed by atoms with Gasteiger partial charge in [0, 0.05) is 54.6 Å². The van der Waals surface area contributed by atoms with Gasteiger partial charge < -0.3 is 0 Å². The van der Waals surface area contributed by atoms with Gasteiger partial charge >= 0.3 is 0 Å². The number of hydrogen-bond acceptors (Lipinski definition) is 0. The zero-order valence-electron chi connectivity index (χ0n) is 22.9. The Balaban J connectivity index is 1.79. The molecule has 0 N–H and O–H groups in total. The zero-order chi connectivity index (χ0) is 27.3. The topological polar surface area (TPSA) is 6.02 Å². The van der Waals surface area contributed by atoms with Crippen LogP contribution in [0.3, 0.4) is 0 Å². The summed E-state index contributed by atoms with van der Waals surface area (Å²) in [5.41, 5.74) is 11.4. The van der Waals surface area contributed by atoms with Gasteiger partial charge in [-0.3, -0.25) is 0 Å². The predicted octanol–water partition coefficient (Wildman–Crippen LogP) is 9.21. The number of benzene rings is 5. The fourth-order valence-corrected chi connectivity index (χ4v) is 5.32. The Hall–Kier alpha value is -5.08. The van der Waals surface area contributed by atoms with Gasteiger partial charge in [-0.25, -0.2) is 0 Å². The van der Waals surface area contributed by atoms with Crippen LogP contribution in [0.5, 0.6) is 0 Å². The highest BCUT2D eigenvalue weighted by atomic mass is 15.1. The number of aryl methyl sites for hydroxylation is 2. The molecule has 0 amide bonds. The molecule has 192 valence electrons. The van der Waals surface area contributed by atoms with Crippen molar-refractivity contribution in [3.8, 4) is 0 Å². The number of hydrogen-bond donors (Lipinski definition) is 0. The summed E-state index contributed by atoms with van der Waals surface area (Å²) in [6.45, 7) is 4.30. The summed E-state index contributed by atoms with van der Waals surface area (Å²) in [6, 6.07) is 49.5. The number of para-hydroxylation sites is 2. The van der Waals surface area contributed by atoms with Crippen LogP contribution < -0.4 is 9.15 Å². The molecule has 5 aromatic carbocycles. The van der Waals surface area contributed by atoms with Crippen molar-refractivity contribution in [1.29, 1.82) is 0 Å². The maximum atomic E-state index is 2.40. The molecular weight excluding hydrogens is 484 g/mol. The van der Waals surface area contributed by atoms with Gasteiger partial charge in [-0.15, -0.1) is 9.15 Å². The van der Waals surface area contributed by atoms with Crippen molar-refractivity contribution in [3.63, 3.8) is 0 Å². The lowest BCUT2D eigenvalue weighted by molar-refractivity contribution is 1.06. The van der Waals surface area contributed by atoms with E-state index in [2.05, 4.69) is 181 Å². The standard InChI is InChI=1S/C38H32N2/c1-29-15-12-23-34(27-29)39(32-19-8-4-9-20-32)37-26-14-25-36(31-17-6-3-7-18-31)38(37)40(33-21-10-5-11-22-33)35-24-13-16-30(2)28-35/h3-28H,1-2H3/q+2. The summed E-state index contributed by atoms with van der Waals surface area (Å²) in [5.74, 6) is 0. The van der Waals surface area contributed by atoms with Crippen LogP contribution in [0, 0.1) is 13.8 Å². The quantitative estimate of drug-likeness (QED) is 0.162. The van der Waals surface area contributed by atoms with Crippen LogP contribution in [-0.2, 0) is 0 Å². The maximum absolute atomic E-state index is 2.40. The second kappa shape index (κ2) is 11.3. The summed E-state index contributed by atoms with van der Waals surface area (Å²) in [5, 5.41) is 0. The molecule has 0 heterocycles. The molecule has 0 bridgehead atoms. The summed E-state index contributed by atoms with van der Waals surface area (Å²) in [6.07, 6.45) is 6.65. The molecule has 0 aromatic heterocycles. The van der Waals surface area contributed by atoms with Crippen molar-refractivity contribution in [2.24, 2.45) is 0 Å². The summed E-state index contributed by atoms with van der Waals surface area (Å²) < 4.78 is 4.77. The van der Waals surface area contributed by atoms with Crippen LogP contribution in [0.4, 0.5) is 22.7 Å². The van der Waals surface area contributed by atoms with E-state index >= 15 is 0 Å². The molecule has 0 saturated carbocycles. The third-order valence-electron chi connectivity index (χ3n) is 7.11. The third-order valence-corrected chi connectivity index (χ3v) is 7.11. The molecule has 0 atom stereocenters. The Kier molecular flexibility index (Phi) is 7.15. The van der Waals surface area contributed by atoms with E-state index in [-0.39, 0.29) is 0 Å². The van der Waals surface area contributed by atoms with Gasteiger partial charge in [0.25, 0.3) is 11.4 Å². The summed E-state index contributed by atoms with van der Waals surface area (Å²) in [7, 11) is 0. The Bertz CT molecular complexity index is 1770. The molecule has 0 spiro atoms. The van der Waals surface area contributed by atoms with E-state index in [0.29, 0.717) is 0 Å². The first-order valence-electron chi connectivity index (χ1n) is 13.7. The minimum absolute atomic E-state index is 1.10. The van der Waals surface area contributed by atoms with Crippen molar-refractivity contribution < 1.29 is 0 Å². The average molecular weight is 517 g/mol. The van der Waals surface area contributed by atoms with Crippen molar-refractivity contribution >= 4 is 39.7 Å². The van der Waals surface area contributed by atoms with Gasteiger partial charge in [0.1, 0.15) is 0 Å². The van der Waals surface area contributed by atoms with Gasteiger partial charge in [-0.2, -0.15) is 0 Å². The van der Waals surface area contributed by atoms with Crippen molar-refractivity contribution in [1.82, 2.24) is 9.15 Å². The predicted molar refractivity (Wildman–Crippen MR) is 172 cm³/mol. The first kappa shape index (κ1) is 25.2. The Morgan fingerprint density at radius 3 is 1.48 bits per heavy atom. The molecule has 0 radical (unpaired) electrons. The van der Waals surface area contributed by atoms with Gasteiger partial charge in [-0.1, -0.05) is 97.1 Å². The van der Waals surface area contributed by atoms with Crippen LogP contribution in [0.15, 0.2) is 158 Å². The highest BCUT2D eigenvalue weighted by molar-refractivity contribution is 6.63. The fourth-order valence-electron chi connectivity index (χ4n) is 5.32. The molecule has 0 saturated heterocycles. The van der Waals surface area contributed by atoms with E-state index in [1.54, 1.807) is 0 Å². The highest BCUT2D eigenvalue weighted by Crippen LogP contribution is 2.31. The fraction of sp³-hybridized carbons (Fsp3) is 0.0526. The summed E-state index contributed by atoms with van der Waals surface area (Å²) >= 11 is 0. The average Bonchev–Trinajstić information content (AvgIpc) is 3.00. The van der Waals surface area contributed by atoms with E-state index in [9.17, 15) is 0 Å². The lowest BCUT2D eigenvalue weighted by Gasteiger charge is -2.16. The zero-order valence-corrected chi connectivity index (χ0v) is 22.9. The van der Waals surface area contributed by atoms with E-state index < -0.39 is 0 Å². The van der Waals surface area contributed by atoms with Crippen LogP contribution in [0.1, 0.15) is 16.7 Å².